The van der Waals surface area contributed by atoms with E-state index in [0.717, 1.165) is 0 Å². The first-order chi connectivity index (χ1) is 7.52. The van der Waals surface area contributed by atoms with Crippen molar-refractivity contribution in [3.8, 4) is 0 Å². The van der Waals surface area contributed by atoms with Gasteiger partial charge in [-0.05, 0) is 17.9 Å². The zero-order valence-electron chi connectivity index (χ0n) is 10.3. The van der Waals surface area contributed by atoms with Crippen LogP contribution in [0.5, 0.6) is 0 Å². The zero-order valence-corrected chi connectivity index (χ0v) is 10.3. The van der Waals surface area contributed by atoms with Gasteiger partial charge in [0.1, 0.15) is 5.70 Å². The van der Waals surface area contributed by atoms with Crippen LogP contribution < -0.4 is 0 Å². The molecule has 1 heterocycles. The van der Waals surface area contributed by atoms with E-state index in [9.17, 15) is 18.3 Å². The molecule has 2 atom stereocenters. The van der Waals surface area contributed by atoms with Crippen LogP contribution in [0, 0.1) is 5.41 Å². The van der Waals surface area contributed by atoms with Gasteiger partial charge in [0, 0.05) is 0 Å². The Hall–Kier alpha value is -0.910. The van der Waals surface area contributed by atoms with Crippen LogP contribution in [0.2, 0.25) is 0 Å². The van der Waals surface area contributed by atoms with Gasteiger partial charge in [-0.2, -0.15) is 23.4 Å². The summed E-state index contributed by atoms with van der Waals surface area (Å²) in [4.78, 5) is 0. The number of azo groups is 1. The van der Waals surface area contributed by atoms with Gasteiger partial charge in [0.25, 0.3) is 0 Å². The first-order valence-corrected chi connectivity index (χ1v) is 5.44. The van der Waals surface area contributed by atoms with Crippen LogP contribution >= 0.6 is 0 Å². The highest BCUT2D eigenvalue weighted by atomic mass is 19.4. The summed E-state index contributed by atoms with van der Waals surface area (Å²) in [7, 11) is 0. The Kier molecular flexibility index (Phi) is 4.74. The Balaban J connectivity index is 0.00000289. The molecular weight excluding hydrogens is 245 g/mol. The second-order valence-electron chi connectivity index (χ2n) is 5.29. The summed E-state index contributed by atoms with van der Waals surface area (Å²) in [6.07, 6.45) is -3.91. The molecule has 18 heavy (non-hydrogen) atoms. The van der Waals surface area contributed by atoms with Crippen LogP contribution in [-0.4, -0.2) is 22.9 Å². The van der Waals surface area contributed by atoms with Crippen LogP contribution in [0.25, 0.3) is 0 Å². The monoisotopic (exact) mass is 266 g/mol. The molecule has 1 aliphatic heterocycles. The number of rotatable bonds is 2. The fourth-order valence-corrected chi connectivity index (χ4v) is 1.51. The minimum atomic E-state index is -4.74. The van der Waals surface area contributed by atoms with Crippen LogP contribution in [0.1, 0.15) is 41.5 Å². The minimum absolute atomic E-state index is 0. The van der Waals surface area contributed by atoms with E-state index in [2.05, 4.69) is 10.2 Å². The Morgan fingerprint density at radius 1 is 1.28 bits per heavy atom. The molecule has 0 radical (unpaired) electrons. The molecule has 0 fully saturated rings. The third-order valence-electron chi connectivity index (χ3n) is 2.90. The van der Waals surface area contributed by atoms with Gasteiger partial charge in [0.05, 0.1) is 6.04 Å². The van der Waals surface area contributed by atoms with Gasteiger partial charge in [0.15, 0.2) is 0 Å². The van der Waals surface area contributed by atoms with Crippen molar-refractivity contribution in [3.63, 3.8) is 0 Å². The third kappa shape index (κ3) is 2.91. The second kappa shape index (κ2) is 4.99. The molecule has 0 aromatic rings. The Morgan fingerprint density at radius 2 is 1.78 bits per heavy atom. The van der Waals surface area contributed by atoms with Gasteiger partial charge >= 0.3 is 6.18 Å². The number of halogens is 3. The summed E-state index contributed by atoms with van der Waals surface area (Å²) in [5.74, 6) is 0. The summed E-state index contributed by atoms with van der Waals surface area (Å²) in [6.45, 7) is 6.84. The van der Waals surface area contributed by atoms with Crippen molar-refractivity contribution in [2.75, 3.05) is 0 Å². The maximum Gasteiger partial charge on any atom is 0.423 e. The predicted octanol–water partition coefficient (Wildman–Crippen LogP) is 4.09. The average molecular weight is 266 g/mol. The number of alkyl halides is 3. The van der Waals surface area contributed by atoms with Gasteiger partial charge in [-0.15, -0.1) is 0 Å². The summed E-state index contributed by atoms with van der Waals surface area (Å²) in [5.41, 5.74) is -3.60. The fourth-order valence-electron chi connectivity index (χ4n) is 1.51. The first kappa shape index (κ1) is 17.1. The molecule has 1 unspecified atom stereocenters. The molecule has 0 spiro atoms. The molecule has 1 aliphatic rings. The summed E-state index contributed by atoms with van der Waals surface area (Å²) in [5, 5.41) is 17.0. The molecule has 0 saturated carbocycles. The van der Waals surface area contributed by atoms with Crippen molar-refractivity contribution in [1.29, 1.82) is 0 Å². The third-order valence-corrected chi connectivity index (χ3v) is 2.90. The number of aliphatic hydroxyl groups is 1. The highest BCUT2D eigenvalue weighted by molar-refractivity contribution is 5.24. The van der Waals surface area contributed by atoms with E-state index in [1.54, 1.807) is 0 Å². The van der Waals surface area contributed by atoms with E-state index in [1.807, 2.05) is 20.8 Å². The van der Waals surface area contributed by atoms with Crippen molar-refractivity contribution >= 4 is 0 Å². The fraction of sp³-hybridized carbons (Fsp3) is 0.833. The minimum Gasteiger partial charge on any atom is -0.375 e. The van der Waals surface area contributed by atoms with E-state index < -0.39 is 29.9 Å². The molecule has 1 N–H and O–H groups in total. The first-order valence-electron chi connectivity index (χ1n) is 5.44. The molecule has 0 aromatic carbocycles. The van der Waals surface area contributed by atoms with Crippen molar-refractivity contribution in [2.24, 2.45) is 15.6 Å². The molecule has 106 valence electrons. The molecule has 1 rings (SSSR count). The number of hydrogen-bond donors (Lipinski definition) is 1. The lowest BCUT2D eigenvalue weighted by Gasteiger charge is -2.28. The highest BCUT2D eigenvalue weighted by Gasteiger charge is 2.56. The highest BCUT2D eigenvalue weighted by Crippen LogP contribution is 2.42. The van der Waals surface area contributed by atoms with E-state index in [0.29, 0.717) is 0 Å². The standard InChI is InChI=1S/C11H17F3N2O.CH4/c1-5-10(17,11(12,13)14)8-6-7(15-16-8)9(2,3)4;/h6-7,17H,5H2,1-4H3;1H4/t7?,10-;/m0./s1. The summed E-state index contributed by atoms with van der Waals surface area (Å²) >= 11 is 0. The maximum absolute atomic E-state index is 12.8. The van der Waals surface area contributed by atoms with Gasteiger partial charge in [-0.25, -0.2) is 0 Å². The van der Waals surface area contributed by atoms with E-state index in [-0.39, 0.29) is 12.8 Å². The topological polar surface area (TPSA) is 45.0 Å². The molecule has 6 heteroatoms. The summed E-state index contributed by atoms with van der Waals surface area (Å²) < 4.78 is 38.4. The van der Waals surface area contributed by atoms with Crippen molar-refractivity contribution < 1.29 is 18.3 Å². The van der Waals surface area contributed by atoms with Crippen LogP contribution in [0.3, 0.4) is 0 Å². The predicted molar refractivity (Wildman–Crippen MR) is 64.2 cm³/mol. The van der Waals surface area contributed by atoms with Crippen molar-refractivity contribution in [2.45, 2.75) is 59.4 Å². The van der Waals surface area contributed by atoms with E-state index in [1.165, 1.54) is 13.0 Å². The lowest BCUT2D eigenvalue weighted by Crippen LogP contribution is -2.45. The molecule has 0 aromatic heterocycles. The molecule has 0 bridgehead atoms. The molecular formula is C12H21F3N2O. The SMILES string of the molecule is C.CC[C@](O)(C1=CC(C(C)(C)C)N=N1)C(F)(F)F. The molecule has 3 nitrogen and oxygen atoms in total. The lowest BCUT2D eigenvalue weighted by atomic mass is 9.85. The summed E-state index contributed by atoms with van der Waals surface area (Å²) in [6, 6.07) is -0.432. The van der Waals surface area contributed by atoms with Gasteiger partial charge < -0.3 is 5.11 Å². The normalized spacial score (nSPS) is 23.3. The van der Waals surface area contributed by atoms with Crippen LogP contribution in [-0.2, 0) is 0 Å². The molecule has 0 amide bonds. The van der Waals surface area contributed by atoms with Gasteiger partial charge in [-0.3, -0.25) is 0 Å². The molecule has 0 aliphatic carbocycles. The van der Waals surface area contributed by atoms with Crippen LogP contribution in [0.15, 0.2) is 22.0 Å². The smallest absolute Gasteiger partial charge is 0.375 e. The molecule has 0 saturated heterocycles. The lowest BCUT2D eigenvalue weighted by molar-refractivity contribution is -0.245. The zero-order chi connectivity index (χ0) is 13.5. The van der Waals surface area contributed by atoms with Crippen molar-refractivity contribution in [1.82, 2.24) is 0 Å². The van der Waals surface area contributed by atoms with Gasteiger partial charge in [-0.1, -0.05) is 35.1 Å². The Labute approximate surface area is 106 Å². The van der Waals surface area contributed by atoms with Gasteiger partial charge in [0.2, 0.25) is 5.60 Å². The maximum atomic E-state index is 12.8. The quantitative estimate of drug-likeness (QED) is 0.803. The van der Waals surface area contributed by atoms with E-state index in [4.69, 9.17) is 0 Å². The average Bonchev–Trinajstić information content (AvgIpc) is 2.62. The number of nitrogens with zero attached hydrogens (tertiary/aromatic N) is 2. The Bertz CT molecular complexity index is 355. The van der Waals surface area contributed by atoms with Crippen LogP contribution in [0.4, 0.5) is 13.2 Å². The number of hydrogen-bond acceptors (Lipinski definition) is 3. The van der Waals surface area contributed by atoms with Crippen molar-refractivity contribution in [3.05, 3.63) is 11.8 Å². The largest absolute Gasteiger partial charge is 0.423 e. The Morgan fingerprint density at radius 3 is 2.06 bits per heavy atom. The second-order valence-corrected chi connectivity index (χ2v) is 5.29. The van der Waals surface area contributed by atoms with E-state index >= 15 is 0 Å².